The van der Waals surface area contributed by atoms with Gasteiger partial charge in [0, 0.05) is 21.4 Å². The number of thioether (sulfide) groups is 1. The molecule has 0 unspecified atom stereocenters. The van der Waals surface area contributed by atoms with Crippen LogP contribution in [0.2, 0.25) is 5.02 Å². The van der Waals surface area contributed by atoms with Gasteiger partial charge in [-0.25, -0.2) is 8.78 Å². The molecule has 0 spiro atoms. The summed E-state index contributed by atoms with van der Waals surface area (Å²) in [4.78, 5) is 12.9. The minimum atomic E-state index is -0.804. The Morgan fingerprint density at radius 2 is 1.83 bits per heavy atom. The number of benzene rings is 3. The Balaban J connectivity index is 1.73. The molecular formula is C18H12ClF2NOS. The van der Waals surface area contributed by atoms with E-state index in [0.29, 0.717) is 5.02 Å². The molecule has 0 aliphatic carbocycles. The predicted molar refractivity (Wildman–Crippen MR) is 94.7 cm³/mol. The minimum Gasteiger partial charge on any atom is -0.323 e. The quantitative estimate of drug-likeness (QED) is 0.620. The SMILES string of the molecule is O=C(CSc1cccc2cccc(Cl)c12)Nc1ccc(F)cc1F. The Kier molecular flexibility index (Phi) is 5.02. The van der Waals surface area contributed by atoms with Crippen LogP contribution >= 0.6 is 23.4 Å². The van der Waals surface area contributed by atoms with E-state index in [9.17, 15) is 13.6 Å². The van der Waals surface area contributed by atoms with Crippen LogP contribution < -0.4 is 5.32 Å². The Morgan fingerprint density at radius 1 is 1.08 bits per heavy atom. The highest BCUT2D eigenvalue weighted by Crippen LogP contribution is 2.33. The van der Waals surface area contributed by atoms with Crippen LogP contribution in [0.4, 0.5) is 14.5 Å². The maximum Gasteiger partial charge on any atom is 0.234 e. The average Bonchev–Trinajstić information content (AvgIpc) is 2.56. The van der Waals surface area contributed by atoms with Crippen molar-refractivity contribution in [3.05, 3.63) is 71.3 Å². The largest absolute Gasteiger partial charge is 0.323 e. The van der Waals surface area contributed by atoms with Crippen LogP contribution in [0.1, 0.15) is 0 Å². The minimum absolute atomic E-state index is 0.0436. The Hall–Kier alpha value is -2.11. The number of anilines is 1. The van der Waals surface area contributed by atoms with Gasteiger partial charge in [0.15, 0.2) is 0 Å². The van der Waals surface area contributed by atoms with Gasteiger partial charge in [0.2, 0.25) is 5.91 Å². The third-order valence-corrected chi connectivity index (χ3v) is 4.75. The number of amides is 1. The van der Waals surface area contributed by atoms with Gasteiger partial charge < -0.3 is 5.32 Å². The highest BCUT2D eigenvalue weighted by molar-refractivity contribution is 8.00. The molecule has 0 aromatic heterocycles. The van der Waals surface area contributed by atoms with E-state index in [1.807, 2.05) is 30.3 Å². The molecule has 1 N–H and O–H groups in total. The molecule has 0 heterocycles. The Bertz CT molecular complexity index is 911. The molecule has 3 rings (SSSR count). The number of carbonyl (C=O) groups is 1. The number of carbonyl (C=O) groups excluding carboxylic acids is 1. The molecule has 1 amide bonds. The summed E-state index contributed by atoms with van der Waals surface area (Å²) in [6.45, 7) is 0. The zero-order chi connectivity index (χ0) is 17.1. The lowest BCUT2D eigenvalue weighted by molar-refractivity contribution is -0.113. The summed E-state index contributed by atoms with van der Waals surface area (Å²) in [5, 5.41) is 4.91. The molecule has 0 fully saturated rings. The molecule has 3 aromatic carbocycles. The Labute approximate surface area is 146 Å². The zero-order valence-electron chi connectivity index (χ0n) is 12.4. The van der Waals surface area contributed by atoms with Crippen LogP contribution in [0, 0.1) is 11.6 Å². The molecule has 0 saturated carbocycles. The first-order valence-corrected chi connectivity index (χ1v) is 8.46. The lowest BCUT2D eigenvalue weighted by atomic mass is 10.1. The first-order chi connectivity index (χ1) is 11.5. The van der Waals surface area contributed by atoms with Crippen LogP contribution in [0.5, 0.6) is 0 Å². The normalized spacial score (nSPS) is 10.8. The molecule has 122 valence electrons. The second-order valence-electron chi connectivity index (χ2n) is 5.06. The molecule has 0 aliphatic rings. The molecule has 2 nitrogen and oxygen atoms in total. The summed E-state index contributed by atoms with van der Waals surface area (Å²) in [7, 11) is 0. The van der Waals surface area contributed by atoms with Crippen molar-refractivity contribution in [2.75, 3.05) is 11.1 Å². The van der Waals surface area contributed by atoms with Gasteiger partial charge in [-0.1, -0.05) is 35.9 Å². The number of rotatable bonds is 4. The molecule has 3 aromatic rings. The van der Waals surface area contributed by atoms with E-state index < -0.39 is 11.6 Å². The number of halogens is 3. The van der Waals surface area contributed by atoms with Gasteiger partial charge in [-0.2, -0.15) is 0 Å². The predicted octanol–water partition coefficient (Wildman–Crippen LogP) is 5.50. The van der Waals surface area contributed by atoms with E-state index in [0.717, 1.165) is 27.8 Å². The lowest BCUT2D eigenvalue weighted by Crippen LogP contribution is -2.15. The lowest BCUT2D eigenvalue weighted by Gasteiger charge is -2.09. The van der Waals surface area contributed by atoms with Crippen molar-refractivity contribution >= 4 is 45.7 Å². The summed E-state index contributed by atoms with van der Waals surface area (Å²) in [6.07, 6.45) is 0. The fraction of sp³-hybridized carbons (Fsp3) is 0.0556. The van der Waals surface area contributed by atoms with Crippen molar-refractivity contribution in [1.82, 2.24) is 0 Å². The molecule has 0 atom stereocenters. The van der Waals surface area contributed by atoms with E-state index >= 15 is 0 Å². The van der Waals surface area contributed by atoms with Crippen LogP contribution in [-0.4, -0.2) is 11.7 Å². The highest BCUT2D eigenvalue weighted by atomic mass is 35.5. The third kappa shape index (κ3) is 3.68. The van der Waals surface area contributed by atoms with E-state index in [2.05, 4.69) is 5.32 Å². The molecule has 0 saturated heterocycles. The van der Waals surface area contributed by atoms with E-state index in [-0.39, 0.29) is 17.3 Å². The van der Waals surface area contributed by atoms with Crippen molar-refractivity contribution in [1.29, 1.82) is 0 Å². The fourth-order valence-electron chi connectivity index (χ4n) is 2.30. The van der Waals surface area contributed by atoms with E-state index in [4.69, 9.17) is 11.6 Å². The number of hydrogen-bond acceptors (Lipinski definition) is 2. The molecule has 24 heavy (non-hydrogen) atoms. The highest BCUT2D eigenvalue weighted by Gasteiger charge is 2.11. The smallest absolute Gasteiger partial charge is 0.234 e. The first kappa shape index (κ1) is 16.7. The van der Waals surface area contributed by atoms with Crippen molar-refractivity contribution in [2.45, 2.75) is 4.90 Å². The second kappa shape index (κ2) is 7.20. The van der Waals surface area contributed by atoms with Crippen LogP contribution in [-0.2, 0) is 4.79 Å². The van der Waals surface area contributed by atoms with Crippen molar-refractivity contribution < 1.29 is 13.6 Å². The van der Waals surface area contributed by atoms with Gasteiger partial charge in [0.1, 0.15) is 11.6 Å². The standard InChI is InChI=1S/C18H12ClF2NOS/c19-13-5-1-3-11-4-2-6-16(18(11)13)24-10-17(23)22-15-8-7-12(20)9-14(15)21/h1-9H,10H2,(H,22,23). The number of nitrogens with one attached hydrogen (secondary N) is 1. The monoisotopic (exact) mass is 363 g/mol. The Morgan fingerprint density at radius 3 is 2.58 bits per heavy atom. The maximum absolute atomic E-state index is 13.6. The summed E-state index contributed by atoms with van der Waals surface area (Å²) in [6, 6.07) is 14.3. The first-order valence-electron chi connectivity index (χ1n) is 7.09. The van der Waals surface area contributed by atoms with Gasteiger partial charge in [0.25, 0.3) is 0 Å². The van der Waals surface area contributed by atoms with Crippen LogP contribution in [0.25, 0.3) is 10.8 Å². The molecule has 0 aliphatic heterocycles. The summed E-state index contributed by atoms with van der Waals surface area (Å²) >= 11 is 7.55. The molecular weight excluding hydrogens is 352 g/mol. The number of fused-ring (bicyclic) bond motifs is 1. The van der Waals surface area contributed by atoms with Gasteiger partial charge in [-0.3, -0.25) is 4.79 Å². The van der Waals surface area contributed by atoms with Gasteiger partial charge >= 0.3 is 0 Å². The van der Waals surface area contributed by atoms with E-state index in [1.54, 1.807) is 6.07 Å². The second-order valence-corrected chi connectivity index (χ2v) is 6.48. The van der Waals surface area contributed by atoms with E-state index in [1.165, 1.54) is 17.8 Å². The summed E-state index contributed by atoms with van der Waals surface area (Å²) in [5.41, 5.74) is -0.0436. The van der Waals surface area contributed by atoms with Gasteiger partial charge in [0.05, 0.1) is 11.4 Å². The summed E-state index contributed by atoms with van der Waals surface area (Å²) < 4.78 is 26.4. The van der Waals surface area contributed by atoms with Crippen molar-refractivity contribution in [3.63, 3.8) is 0 Å². The average molecular weight is 364 g/mol. The zero-order valence-corrected chi connectivity index (χ0v) is 13.9. The summed E-state index contributed by atoms with van der Waals surface area (Å²) in [5.74, 6) is -1.79. The molecule has 0 bridgehead atoms. The van der Waals surface area contributed by atoms with Crippen LogP contribution in [0.3, 0.4) is 0 Å². The van der Waals surface area contributed by atoms with Gasteiger partial charge in [-0.15, -0.1) is 11.8 Å². The maximum atomic E-state index is 13.6. The van der Waals surface area contributed by atoms with Gasteiger partial charge in [-0.05, 0) is 29.7 Å². The van der Waals surface area contributed by atoms with Crippen molar-refractivity contribution in [2.24, 2.45) is 0 Å². The third-order valence-electron chi connectivity index (χ3n) is 3.38. The fourth-order valence-corrected chi connectivity index (χ4v) is 3.55. The molecule has 0 radical (unpaired) electrons. The van der Waals surface area contributed by atoms with Crippen LogP contribution in [0.15, 0.2) is 59.5 Å². The number of hydrogen-bond donors (Lipinski definition) is 1. The van der Waals surface area contributed by atoms with Crippen molar-refractivity contribution in [3.8, 4) is 0 Å². The topological polar surface area (TPSA) is 29.1 Å². The molecule has 6 heteroatoms.